The molecule has 4 rings (SSSR count). The van der Waals surface area contributed by atoms with Crippen LogP contribution in [0.25, 0.3) is 5.69 Å². The van der Waals surface area contributed by atoms with E-state index in [4.69, 9.17) is 5.73 Å². The van der Waals surface area contributed by atoms with Gasteiger partial charge in [-0.1, -0.05) is 30.3 Å². The zero-order valence-corrected chi connectivity index (χ0v) is 13.9. The van der Waals surface area contributed by atoms with E-state index in [2.05, 4.69) is 5.32 Å². The number of hydrogen-bond acceptors (Lipinski definition) is 5. The monoisotopic (exact) mass is 359 g/mol. The summed E-state index contributed by atoms with van der Waals surface area (Å²) < 4.78 is 1.13. The summed E-state index contributed by atoms with van der Waals surface area (Å²) in [5.74, 6) is -1.56. The van der Waals surface area contributed by atoms with Gasteiger partial charge in [0.1, 0.15) is 5.82 Å². The molecule has 2 amide bonds. The fourth-order valence-electron chi connectivity index (χ4n) is 3.06. The molecule has 0 radical (unpaired) electrons. The molecule has 0 fully saturated rings. The summed E-state index contributed by atoms with van der Waals surface area (Å²) in [6, 6.07) is 16.2. The summed E-state index contributed by atoms with van der Waals surface area (Å²) in [5, 5.41) is 2.12. The quantitative estimate of drug-likeness (QED) is 0.544. The van der Waals surface area contributed by atoms with Crippen LogP contribution in [0.1, 0.15) is 36.6 Å². The summed E-state index contributed by atoms with van der Waals surface area (Å²) in [4.78, 5) is 48.5. The number of nitrogens with two attached hydrogens (primary N) is 1. The molecule has 1 aliphatic rings. The van der Waals surface area contributed by atoms with Crippen LogP contribution in [0.5, 0.6) is 0 Å². The molecule has 2 heterocycles. The van der Waals surface area contributed by atoms with E-state index in [1.807, 2.05) is 6.07 Å². The first kappa shape index (κ1) is 16.5. The molecule has 2 aromatic carbocycles. The molecular weight excluding hydrogens is 346 g/mol. The fraction of sp³-hybridized carbons (Fsp3) is 0. The SMILES string of the molecule is Nc1c2c(cc(=O)n1-c1ccc(C(=O)c3ccccc3)cc1)C(=O)NC2=O. The van der Waals surface area contributed by atoms with Gasteiger partial charge in [0, 0.05) is 17.2 Å². The van der Waals surface area contributed by atoms with Crippen molar-refractivity contribution in [3.8, 4) is 5.69 Å². The van der Waals surface area contributed by atoms with Gasteiger partial charge in [-0.25, -0.2) is 0 Å². The highest BCUT2D eigenvalue weighted by molar-refractivity contribution is 6.23. The van der Waals surface area contributed by atoms with Crippen LogP contribution in [0.15, 0.2) is 65.5 Å². The third-order valence-electron chi connectivity index (χ3n) is 4.38. The summed E-state index contributed by atoms with van der Waals surface area (Å²) in [6.07, 6.45) is 0. The zero-order chi connectivity index (χ0) is 19.1. The smallest absolute Gasteiger partial charge is 0.262 e. The van der Waals surface area contributed by atoms with Crippen LogP contribution in [0, 0.1) is 0 Å². The molecule has 0 bridgehead atoms. The van der Waals surface area contributed by atoms with E-state index in [1.54, 1.807) is 48.5 Å². The molecule has 1 aromatic heterocycles. The lowest BCUT2D eigenvalue weighted by Gasteiger charge is -2.12. The van der Waals surface area contributed by atoms with Gasteiger partial charge in [0.2, 0.25) is 0 Å². The molecule has 7 nitrogen and oxygen atoms in total. The van der Waals surface area contributed by atoms with E-state index in [-0.39, 0.29) is 22.7 Å². The minimum atomic E-state index is -0.644. The first-order valence-electron chi connectivity index (χ1n) is 8.09. The minimum absolute atomic E-state index is 0.0240. The Kier molecular flexibility index (Phi) is 3.70. The molecule has 0 saturated heterocycles. The van der Waals surface area contributed by atoms with Gasteiger partial charge in [-0.3, -0.25) is 29.1 Å². The number of fused-ring (bicyclic) bond motifs is 1. The topological polar surface area (TPSA) is 111 Å². The first-order chi connectivity index (χ1) is 13.0. The molecule has 0 aliphatic carbocycles. The number of carbonyl (C=O) groups excluding carboxylic acids is 3. The number of rotatable bonds is 3. The van der Waals surface area contributed by atoms with Gasteiger partial charge in [0.05, 0.1) is 16.8 Å². The van der Waals surface area contributed by atoms with Crippen molar-refractivity contribution in [3.63, 3.8) is 0 Å². The molecular formula is C20H13N3O4. The Bertz CT molecular complexity index is 1160. The Labute approximate surface area is 153 Å². The van der Waals surface area contributed by atoms with Crippen LogP contribution in [0.2, 0.25) is 0 Å². The number of imide groups is 1. The molecule has 132 valence electrons. The van der Waals surface area contributed by atoms with Crippen LogP contribution < -0.4 is 16.6 Å². The maximum absolute atomic E-state index is 12.5. The van der Waals surface area contributed by atoms with Crippen LogP contribution >= 0.6 is 0 Å². The number of hydrogen-bond donors (Lipinski definition) is 2. The fourth-order valence-corrected chi connectivity index (χ4v) is 3.06. The van der Waals surface area contributed by atoms with E-state index in [1.165, 1.54) is 0 Å². The zero-order valence-electron chi connectivity index (χ0n) is 13.9. The molecule has 3 N–H and O–H groups in total. The predicted octanol–water partition coefficient (Wildman–Crippen LogP) is 1.53. The van der Waals surface area contributed by atoms with Crippen LogP contribution in [0.3, 0.4) is 0 Å². The average Bonchev–Trinajstić information content (AvgIpc) is 2.96. The van der Waals surface area contributed by atoms with Crippen LogP contribution in [0.4, 0.5) is 5.82 Å². The first-order valence-corrected chi connectivity index (χ1v) is 8.09. The number of carbonyl (C=O) groups is 3. The molecule has 0 atom stereocenters. The molecule has 27 heavy (non-hydrogen) atoms. The second kappa shape index (κ2) is 6.06. The summed E-state index contributed by atoms with van der Waals surface area (Å²) in [5.41, 5.74) is 6.78. The Morgan fingerprint density at radius 3 is 2.15 bits per heavy atom. The largest absolute Gasteiger partial charge is 0.384 e. The van der Waals surface area contributed by atoms with Crippen molar-refractivity contribution in [2.45, 2.75) is 0 Å². The second-order valence-corrected chi connectivity index (χ2v) is 6.02. The van der Waals surface area contributed by atoms with Crippen molar-refractivity contribution in [1.29, 1.82) is 0 Å². The van der Waals surface area contributed by atoms with Crippen molar-refractivity contribution in [3.05, 3.63) is 93.3 Å². The third-order valence-corrected chi connectivity index (χ3v) is 4.38. The predicted molar refractivity (Wildman–Crippen MR) is 98.1 cm³/mol. The normalized spacial score (nSPS) is 12.6. The number of pyridine rings is 1. The molecule has 3 aromatic rings. The van der Waals surface area contributed by atoms with Gasteiger partial charge >= 0.3 is 0 Å². The molecule has 1 aliphatic heterocycles. The molecule has 0 unspecified atom stereocenters. The second-order valence-electron chi connectivity index (χ2n) is 6.02. The number of benzene rings is 2. The van der Waals surface area contributed by atoms with Gasteiger partial charge < -0.3 is 5.73 Å². The van der Waals surface area contributed by atoms with Crippen LogP contribution in [-0.4, -0.2) is 22.2 Å². The highest BCUT2D eigenvalue weighted by Crippen LogP contribution is 2.23. The lowest BCUT2D eigenvalue weighted by Crippen LogP contribution is -2.24. The number of nitrogens with one attached hydrogen (secondary N) is 1. The maximum atomic E-state index is 12.5. The van der Waals surface area contributed by atoms with Crippen molar-refractivity contribution in [2.24, 2.45) is 0 Å². The Morgan fingerprint density at radius 2 is 1.48 bits per heavy atom. The summed E-state index contributed by atoms with van der Waals surface area (Å²) in [7, 11) is 0. The highest BCUT2D eigenvalue weighted by atomic mass is 16.2. The maximum Gasteiger partial charge on any atom is 0.262 e. The number of nitrogens with zero attached hydrogens (tertiary/aromatic N) is 1. The Balaban J connectivity index is 1.77. The standard InChI is InChI=1S/C20H13N3O4/c21-18-16-14(19(26)22-20(16)27)10-15(24)23(18)13-8-6-12(7-9-13)17(25)11-4-2-1-3-5-11/h1-10H,21H2,(H,22,26,27). The lowest BCUT2D eigenvalue weighted by molar-refractivity contribution is 0.0879. The van der Waals surface area contributed by atoms with Crippen LogP contribution in [-0.2, 0) is 0 Å². The number of amides is 2. The van der Waals surface area contributed by atoms with Gasteiger partial charge in [0.15, 0.2) is 5.78 Å². The van der Waals surface area contributed by atoms with Gasteiger partial charge in [-0.05, 0) is 24.3 Å². The van der Waals surface area contributed by atoms with E-state index < -0.39 is 17.4 Å². The molecule has 0 spiro atoms. The van der Waals surface area contributed by atoms with Gasteiger partial charge in [0.25, 0.3) is 17.4 Å². The summed E-state index contributed by atoms with van der Waals surface area (Å²) >= 11 is 0. The van der Waals surface area contributed by atoms with Gasteiger partial charge in [-0.15, -0.1) is 0 Å². The molecule has 0 saturated carbocycles. The Morgan fingerprint density at radius 1 is 0.852 bits per heavy atom. The lowest BCUT2D eigenvalue weighted by atomic mass is 10.0. The average molecular weight is 359 g/mol. The van der Waals surface area contributed by atoms with E-state index in [9.17, 15) is 19.2 Å². The van der Waals surface area contributed by atoms with E-state index in [0.717, 1.165) is 10.6 Å². The van der Waals surface area contributed by atoms with Crippen molar-refractivity contribution in [2.75, 3.05) is 5.73 Å². The summed E-state index contributed by atoms with van der Waals surface area (Å²) in [6.45, 7) is 0. The third kappa shape index (κ3) is 2.62. The van der Waals surface area contributed by atoms with E-state index in [0.29, 0.717) is 16.8 Å². The van der Waals surface area contributed by atoms with Crippen molar-refractivity contribution in [1.82, 2.24) is 9.88 Å². The number of anilines is 1. The van der Waals surface area contributed by atoms with E-state index >= 15 is 0 Å². The Hall–Kier alpha value is -4.00. The highest BCUT2D eigenvalue weighted by Gasteiger charge is 2.31. The molecule has 7 heteroatoms. The number of aromatic nitrogens is 1. The number of ketones is 1. The van der Waals surface area contributed by atoms with Crippen molar-refractivity contribution < 1.29 is 14.4 Å². The minimum Gasteiger partial charge on any atom is -0.384 e. The van der Waals surface area contributed by atoms with Gasteiger partial charge in [-0.2, -0.15) is 0 Å². The number of nitrogen functional groups attached to an aromatic ring is 1. The van der Waals surface area contributed by atoms with Crippen molar-refractivity contribution >= 4 is 23.4 Å².